The number of benzene rings is 1. The molecule has 0 spiro atoms. The van der Waals surface area contributed by atoms with E-state index in [9.17, 15) is 13.2 Å². The Morgan fingerprint density at radius 2 is 1.81 bits per heavy atom. The van der Waals surface area contributed by atoms with Crippen LogP contribution >= 0.6 is 39.1 Å². The zero-order valence-corrected chi connectivity index (χ0v) is 17.3. The summed E-state index contributed by atoms with van der Waals surface area (Å²) in [5.74, 6) is -0.184. The van der Waals surface area contributed by atoms with Gasteiger partial charge >= 0.3 is 0 Å². The molecule has 138 valence electrons. The van der Waals surface area contributed by atoms with Gasteiger partial charge in [-0.3, -0.25) is 9.78 Å². The standard InChI is InChI=1S/C16H14BrCl2N3O3S/c17-12-8-11(9-20-10-12)16(23)21-4-6-22(7-5-21)26(24,25)14-3-1-2-13(18)15(14)19/h1-3,8-10H,4-7H2. The lowest BCUT2D eigenvalue weighted by atomic mass is 10.2. The van der Waals surface area contributed by atoms with Gasteiger partial charge in [0.1, 0.15) is 4.90 Å². The molecule has 1 aliphatic heterocycles. The molecule has 6 nitrogen and oxygen atoms in total. The van der Waals surface area contributed by atoms with E-state index in [1.165, 1.54) is 22.6 Å². The van der Waals surface area contributed by atoms with E-state index in [0.717, 1.165) is 0 Å². The van der Waals surface area contributed by atoms with Crippen LogP contribution in [0.4, 0.5) is 0 Å². The predicted molar refractivity (Wildman–Crippen MR) is 103 cm³/mol. The van der Waals surface area contributed by atoms with Crippen molar-refractivity contribution < 1.29 is 13.2 Å². The smallest absolute Gasteiger partial charge is 0.255 e. The fraction of sp³-hybridized carbons (Fsp3) is 0.250. The van der Waals surface area contributed by atoms with Gasteiger partial charge in [-0.05, 0) is 34.1 Å². The fourth-order valence-corrected chi connectivity index (χ4v) is 5.19. The Hall–Kier alpha value is -1.19. The molecule has 0 atom stereocenters. The number of piperazine rings is 1. The van der Waals surface area contributed by atoms with E-state index in [1.807, 2.05) is 0 Å². The highest BCUT2D eigenvalue weighted by Crippen LogP contribution is 2.31. The molecule has 2 heterocycles. The van der Waals surface area contributed by atoms with Crippen LogP contribution < -0.4 is 0 Å². The van der Waals surface area contributed by atoms with E-state index < -0.39 is 10.0 Å². The van der Waals surface area contributed by atoms with Crippen molar-refractivity contribution in [3.05, 3.63) is 56.7 Å². The second kappa shape index (κ2) is 7.82. The summed E-state index contributed by atoms with van der Waals surface area (Å²) in [6.07, 6.45) is 3.08. The number of hydrogen-bond donors (Lipinski definition) is 0. The van der Waals surface area contributed by atoms with Crippen LogP contribution in [0.1, 0.15) is 10.4 Å². The Kier molecular flexibility index (Phi) is 5.88. The number of aromatic nitrogens is 1. The Labute approximate surface area is 169 Å². The molecule has 2 aromatic rings. The molecule has 1 fully saturated rings. The molecule has 0 bridgehead atoms. The molecule has 1 aromatic heterocycles. The van der Waals surface area contributed by atoms with E-state index in [2.05, 4.69) is 20.9 Å². The van der Waals surface area contributed by atoms with Crippen LogP contribution in [0.5, 0.6) is 0 Å². The van der Waals surface area contributed by atoms with Gasteiger partial charge in [0, 0.05) is 43.0 Å². The van der Waals surface area contributed by atoms with Crippen molar-refractivity contribution in [3.63, 3.8) is 0 Å². The summed E-state index contributed by atoms with van der Waals surface area (Å²) in [6, 6.07) is 6.19. The third-order valence-corrected chi connectivity index (χ3v) is 7.32. The van der Waals surface area contributed by atoms with Gasteiger partial charge in [-0.1, -0.05) is 29.3 Å². The molecule has 0 N–H and O–H groups in total. The number of hydrogen-bond acceptors (Lipinski definition) is 4. The van der Waals surface area contributed by atoms with Gasteiger partial charge in [0.15, 0.2) is 0 Å². The second-order valence-corrected chi connectivity index (χ2v) is 9.25. The van der Waals surface area contributed by atoms with Gasteiger partial charge in [0.25, 0.3) is 5.91 Å². The molecule has 1 aliphatic rings. The lowest BCUT2D eigenvalue weighted by Gasteiger charge is -2.34. The minimum absolute atomic E-state index is 0.00730. The van der Waals surface area contributed by atoms with E-state index in [1.54, 1.807) is 23.2 Å². The van der Waals surface area contributed by atoms with Crippen LogP contribution in [0.3, 0.4) is 0 Å². The fourth-order valence-electron chi connectivity index (χ4n) is 2.67. The first-order valence-corrected chi connectivity index (χ1v) is 10.6. The number of pyridine rings is 1. The van der Waals surface area contributed by atoms with Crippen LogP contribution in [0.25, 0.3) is 0 Å². The molecular weight excluding hydrogens is 465 g/mol. The SMILES string of the molecule is O=C(c1cncc(Br)c1)N1CCN(S(=O)(=O)c2cccc(Cl)c2Cl)CC1. The van der Waals surface area contributed by atoms with Crippen molar-refractivity contribution in [3.8, 4) is 0 Å². The van der Waals surface area contributed by atoms with Crippen LogP contribution in [-0.2, 0) is 10.0 Å². The third-order valence-electron chi connectivity index (χ3n) is 4.01. The molecule has 1 saturated heterocycles. The highest BCUT2D eigenvalue weighted by Gasteiger charge is 2.32. The number of carbonyl (C=O) groups excluding carboxylic acids is 1. The van der Waals surface area contributed by atoms with Crippen LogP contribution in [0.2, 0.25) is 10.0 Å². The quantitative estimate of drug-likeness (QED) is 0.678. The lowest BCUT2D eigenvalue weighted by molar-refractivity contribution is 0.0697. The predicted octanol–water partition coefficient (Wildman–Crippen LogP) is 3.30. The van der Waals surface area contributed by atoms with Crippen LogP contribution in [0.15, 0.2) is 46.0 Å². The van der Waals surface area contributed by atoms with Crippen LogP contribution in [0, 0.1) is 0 Å². The summed E-state index contributed by atoms with van der Waals surface area (Å²) in [5.41, 5.74) is 0.452. The van der Waals surface area contributed by atoms with Gasteiger partial charge < -0.3 is 4.90 Å². The van der Waals surface area contributed by atoms with Crippen molar-refractivity contribution in [1.29, 1.82) is 0 Å². The van der Waals surface area contributed by atoms with Crippen LogP contribution in [-0.4, -0.2) is 54.7 Å². The van der Waals surface area contributed by atoms with Gasteiger partial charge in [-0.2, -0.15) is 4.31 Å². The summed E-state index contributed by atoms with van der Waals surface area (Å²) in [4.78, 5) is 18.1. The summed E-state index contributed by atoms with van der Waals surface area (Å²) >= 11 is 15.3. The summed E-state index contributed by atoms with van der Waals surface area (Å²) in [6.45, 7) is 0.919. The number of rotatable bonds is 3. The van der Waals surface area contributed by atoms with Crippen molar-refractivity contribution in [2.24, 2.45) is 0 Å². The molecule has 10 heteroatoms. The monoisotopic (exact) mass is 477 g/mol. The molecular formula is C16H14BrCl2N3O3S. The highest BCUT2D eigenvalue weighted by atomic mass is 79.9. The van der Waals surface area contributed by atoms with E-state index in [-0.39, 0.29) is 47.0 Å². The van der Waals surface area contributed by atoms with Gasteiger partial charge in [-0.25, -0.2) is 8.42 Å². The first kappa shape index (κ1) is 19.6. The molecule has 3 rings (SSSR count). The first-order chi connectivity index (χ1) is 12.3. The molecule has 0 aliphatic carbocycles. The van der Waals surface area contributed by atoms with Crippen molar-refractivity contribution in [2.45, 2.75) is 4.90 Å². The normalized spacial score (nSPS) is 15.9. The second-order valence-electron chi connectivity index (χ2n) is 5.64. The number of sulfonamides is 1. The zero-order chi connectivity index (χ0) is 18.9. The molecule has 0 saturated carbocycles. The number of nitrogens with zero attached hydrogens (tertiary/aromatic N) is 3. The topological polar surface area (TPSA) is 70.6 Å². The van der Waals surface area contributed by atoms with E-state index in [4.69, 9.17) is 23.2 Å². The maximum absolute atomic E-state index is 12.8. The number of carbonyl (C=O) groups is 1. The van der Waals surface area contributed by atoms with Gasteiger partial charge in [-0.15, -0.1) is 0 Å². The molecule has 26 heavy (non-hydrogen) atoms. The number of halogens is 3. The lowest BCUT2D eigenvalue weighted by Crippen LogP contribution is -2.50. The van der Waals surface area contributed by atoms with E-state index >= 15 is 0 Å². The minimum atomic E-state index is -3.78. The minimum Gasteiger partial charge on any atom is -0.336 e. The number of amides is 1. The average molecular weight is 479 g/mol. The zero-order valence-electron chi connectivity index (χ0n) is 13.4. The molecule has 1 aromatic carbocycles. The van der Waals surface area contributed by atoms with Crippen molar-refractivity contribution in [2.75, 3.05) is 26.2 Å². The molecule has 1 amide bonds. The maximum Gasteiger partial charge on any atom is 0.255 e. The summed E-state index contributed by atoms with van der Waals surface area (Å²) in [7, 11) is -3.78. The molecule has 0 unspecified atom stereocenters. The van der Waals surface area contributed by atoms with Gasteiger partial charge in [0.05, 0.1) is 15.6 Å². The maximum atomic E-state index is 12.8. The first-order valence-electron chi connectivity index (χ1n) is 7.64. The highest BCUT2D eigenvalue weighted by molar-refractivity contribution is 9.10. The third kappa shape index (κ3) is 3.89. The Morgan fingerprint density at radius 1 is 1.12 bits per heavy atom. The summed E-state index contributed by atoms with van der Waals surface area (Å²) in [5, 5.41) is 0.191. The Morgan fingerprint density at radius 3 is 2.46 bits per heavy atom. The Balaban J connectivity index is 1.74. The summed E-state index contributed by atoms with van der Waals surface area (Å²) < 4.78 is 27.7. The Bertz CT molecular complexity index is 948. The van der Waals surface area contributed by atoms with Crippen molar-refractivity contribution >= 4 is 55.1 Å². The molecule has 0 radical (unpaired) electrons. The van der Waals surface area contributed by atoms with E-state index in [0.29, 0.717) is 10.0 Å². The largest absolute Gasteiger partial charge is 0.336 e. The van der Waals surface area contributed by atoms with Gasteiger partial charge in [0.2, 0.25) is 10.0 Å². The van der Waals surface area contributed by atoms with Crippen molar-refractivity contribution in [1.82, 2.24) is 14.2 Å². The average Bonchev–Trinajstić information content (AvgIpc) is 2.63.